The molecule has 7 rings (SSSR count). The summed E-state index contributed by atoms with van der Waals surface area (Å²) in [7, 11) is 0. The molecule has 0 unspecified atom stereocenters. The van der Waals surface area contributed by atoms with Gasteiger partial charge in [0.1, 0.15) is 0 Å². The highest BCUT2D eigenvalue weighted by molar-refractivity contribution is 6.30. The maximum Gasteiger partial charge on any atom is 0.160 e. The van der Waals surface area contributed by atoms with Gasteiger partial charge in [-0.3, -0.25) is 4.98 Å². The van der Waals surface area contributed by atoms with Crippen molar-refractivity contribution in [1.82, 2.24) is 15.0 Å². The molecule has 0 spiro atoms. The second-order valence-corrected chi connectivity index (χ2v) is 10.8. The number of halogens is 1. The number of hydrogen-bond donors (Lipinski definition) is 0. The Kier molecular flexibility index (Phi) is 7.31. The van der Waals surface area contributed by atoms with E-state index in [9.17, 15) is 0 Å². The zero-order valence-electron chi connectivity index (χ0n) is 23.2. The minimum atomic E-state index is 0.692. The third kappa shape index (κ3) is 5.85. The van der Waals surface area contributed by atoms with Gasteiger partial charge in [-0.15, -0.1) is 0 Å². The van der Waals surface area contributed by atoms with Crippen molar-refractivity contribution in [3.05, 3.63) is 163 Å². The molecule has 4 heteroatoms. The molecule has 204 valence electrons. The van der Waals surface area contributed by atoms with Crippen LogP contribution in [-0.2, 0) is 0 Å². The van der Waals surface area contributed by atoms with Crippen molar-refractivity contribution < 1.29 is 0 Å². The highest BCUT2D eigenvalue weighted by Crippen LogP contribution is 2.33. The van der Waals surface area contributed by atoms with Crippen LogP contribution in [0.2, 0.25) is 5.02 Å². The van der Waals surface area contributed by atoms with E-state index in [0.29, 0.717) is 5.82 Å². The normalized spacial score (nSPS) is 10.9. The molecule has 0 aliphatic heterocycles. The van der Waals surface area contributed by atoms with E-state index in [1.165, 1.54) is 0 Å². The lowest BCUT2D eigenvalue weighted by Gasteiger charge is -2.12. The third-order valence-electron chi connectivity index (χ3n) is 7.45. The highest BCUT2D eigenvalue weighted by Gasteiger charge is 2.12. The number of hydrogen-bond acceptors (Lipinski definition) is 3. The molecule has 0 saturated heterocycles. The van der Waals surface area contributed by atoms with Gasteiger partial charge in [0.2, 0.25) is 0 Å². The minimum absolute atomic E-state index is 0.692. The van der Waals surface area contributed by atoms with Crippen LogP contribution in [0.1, 0.15) is 0 Å². The van der Waals surface area contributed by atoms with E-state index < -0.39 is 0 Å². The molecule has 2 aromatic heterocycles. The van der Waals surface area contributed by atoms with Crippen LogP contribution >= 0.6 is 11.6 Å². The third-order valence-corrected chi connectivity index (χ3v) is 7.68. The number of aromatic nitrogens is 3. The molecular formula is C39H26ClN3. The maximum absolute atomic E-state index is 6.28. The minimum Gasteiger partial charge on any atom is -0.264 e. The fourth-order valence-corrected chi connectivity index (χ4v) is 5.42. The quantitative estimate of drug-likeness (QED) is 0.199. The summed E-state index contributed by atoms with van der Waals surface area (Å²) >= 11 is 6.28. The SMILES string of the molecule is Clc1cccc(-c2cccc(-c3cccc(-c4cc(-c5ccc(-c6cccnc6)cc5)nc(-c5ccccc5)n4)c3)c2)c1. The summed E-state index contributed by atoms with van der Waals surface area (Å²) in [5, 5.41) is 0.727. The van der Waals surface area contributed by atoms with Crippen LogP contribution in [0.4, 0.5) is 0 Å². The van der Waals surface area contributed by atoms with Crippen LogP contribution in [0.25, 0.3) is 67.3 Å². The Morgan fingerprint density at radius 1 is 0.372 bits per heavy atom. The first-order valence-electron chi connectivity index (χ1n) is 14.1. The summed E-state index contributed by atoms with van der Waals surface area (Å²) in [6.45, 7) is 0. The Bertz CT molecular complexity index is 2020. The van der Waals surface area contributed by atoms with Crippen molar-refractivity contribution in [2.45, 2.75) is 0 Å². The standard InChI is InChI=1S/C39H26ClN3/c40-36-16-6-13-33(24-36)31-11-4-10-30(22-31)32-12-5-14-34(23-32)38-25-37(42-39(43-38)29-8-2-1-3-9-29)28-19-17-27(18-20-28)35-15-7-21-41-26-35/h1-26H. The highest BCUT2D eigenvalue weighted by atomic mass is 35.5. The molecule has 0 radical (unpaired) electrons. The number of nitrogens with zero attached hydrogens (tertiary/aromatic N) is 3. The molecule has 0 fully saturated rings. The monoisotopic (exact) mass is 571 g/mol. The lowest BCUT2D eigenvalue weighted by atomic mass is 9.97. The Labute approximate surface area is 256 Å². The number of rotatable bonds is 6. The smallest absolute Gasteiger partial charge is 0.160 e. The summed E-state index contributed by atoms with van der Waals surface area (Å²) in [5.74, 6) is 0.692. The van der Waals surface area contributed by atoms with Crippen LogP contribution in [0, 0.1) is 0 Å². The molecular weight excluding hydrogens is 546 g/mol. The first-order chi connectivity index (χ1) is 21.2. The largest absolute Gasteiger partial charge is 0.264 e. The zero-order valence-corrected chi connectivity index (χ0v) is 24.0. The van der Waals surface area contributed by atoms with E-state index in [2.05, 4.69) is 96.0 Å². The van der Waals surface area contributed by atoms with Crippen molar-refractivity contribution in [3.8, 4) is 67.3 Å². The Hall–Kier alpha value is -5.38. The number of pyridine rings is 1. The van der Waals surface area contributed by atoms with E-state index >= 15 is 0 Å². The van der Waals surface area contributed by atoms with Gasteiger partial charge in [0, 0.05) is 34.1 Å². The predicted octanol–water partition coefficient (Wildman–Crippen LogP) is 10.5. The molecule has 0 amide bonds. The van der Waals surface area contributed by atoms with Gasteiger partial charge >= 0.3 is 0 Å². The van der Waals surface area contributed by atoms with E-state index in [1.54, 1.807) is 6.20 Å². The van der Waals surface area contributed by atoms with Crippen LogP contribution in [0.5, 0.6) is 0 Å². The molecule has 0 N–H and O–H groups in total. The molecule has 3 nitrogen and oxygen atoms in total. The van der Waals surface area contributed by atoms with Crippen LogP contribution < -0.4 is 0 Å². The summed E-state index contributed by atoms with van der Waals surface area (Å²) in [4.78, 5) is 14.3. The fraction of sp³-hybridized carbons (Fsp3) is 0. The molecule has 0 saturated carbocycles. The molecule has 0 bridgehead atoms. The second kappa shape index (κ2) is 11.8. The first kappa shape index (κ1) is 26.5. The van der Waals surface area contributed by atoms with Crippen molar-refractivity contribution >= 4 is 11.6 Å². The maximum atomic E-state index is 6.28. The topological polar surface area (TPSA) is 38.7 Å². The van der Waals surface area contributed by atoms with E-state index in [1.807, 2.05) is 60.8 Å². The average Bonchev–Trinajstić information content (AvgIpc) is 3.09. The summed E-state index contributed by atoms with van der Waals surface area (Å²) in [6.07, 6.45) is 3.67. The number of benzene rings is 5. The van der Waals surface area contributed by atoms with Crippen molar-refractivity contribution in [2.75, 3.05) is 0 Å². The molecule has 43 heavy (non-hydrogen) atoms. The van der Waals surface area contributed by atoms with E-state index in [0.717, 1.165) is 66.5 Å². The van der Waals surface area contributed by atoms with Gasteiger partial charge in [0.15, 0.2) is 5.82 Å². The van der Waals surface area contributed by atoms with Crippen LogP contribution in [0.3, 0.4) is 0 Å². The Morgan fingerprint density at radius 2 is 0.907 bits per heavy atom. The lowest BCUT2D eigenvalue weighted by Crippen LogP contribution is -1.96. The molecule has 0 aliphatic carbocycles. The predicted molar refractivity (Wildman–Crippen MR) is 177 cm³/mol. The fourth-order valence-electron chi connectivity index (χ4n) is 5.23. The van der Waals surface area contributed by atoms with Crippen LogP contribution in [-0.4, -0.2) is 15.0 Å². The molecule has 7 aromatic rings. The van der Waals surface area contributed by atoms with Gasteiger partial charge in [-0.2, -0.15) is 0 Å². The van der Waals surface area contributed by atoms with Gasteiger partial charge in [-0.05, 0) is 69.8 Å². The van der Waals surface area contributed by atoms with Gasteiger partial charge in [0.25, 0.3) is 0 Å². The first-order valence-corrected chi connectivity index (χ1v) is 14.5. The van der Waals surface area contributed by atoms with Crippen molar-refractivity contribution in [2.24, 2.45) is 0 Å². The summed E-state index contributed by atoms with van der Waals surface area (Å²) < 4.78 is 0. The van der Waals surface area contributed by atoms with Crippen molar-refractivity contribution in [3.63, 3.8) is 0 Å². The van der Waals surface area contributed by atoms with Gasteiger partial charge < -0.3 is 0 Å². The van der Waals surface area contributed by atoms with Gasteiger partial charge in [-0.1, -0.05) is 121 Å². The van der Waals surface area contributed by atoms with E-state index in [4.69, 9.17) is 21.6 Å². The zero-order chi connectivity index (χ0) is 29.0. The van der Waals surface area contributed by atoms with E-state index in [-0.39, 0.29) is 0 Å². The lowest BCUT2D eigenvalue weighted by molar-refractivity contribution is 1.18. The molecule has 0 aliphatic rings. The second-order valence-electron chi connectivity index (χ2n) is 10.3. The summed E-state index contributed by atoms with van der Waals surface area (Å²) in [6, 6.07) is 49.7. The Morgan fingerprint density at radius 3 is 1.56 bits per heavy atom. The summed E-state index contributed by atoms with van der Waals surface area (Å²) in [5.41, 5.74) is 11.4. The average molecular weight is 572 g/mol. The van der Waals surface area contributed by atoms with Gasteiger partial charge in [0.05, 0.1) is 11.4 Å². The van der Waals surface area contributed by atoms with Crippen molar-refractivity contribution in [1.29, 1.82) is 0 Å². The van der Waals surface area contributed by atoms with Gasteiger partial charge in [-0.25, -0.2) is 9.97 Å². The Balaban J connectivity index is 1.29. The molecule has 2 heterocycles. The molecule has 5 aromatic carbocycles. The molecule has 0 atom stereocenters. The van der Waals surface area contributed by atoms with Crippen LogP contribution in [0.15, 0.2) is 158 Å².